The van der Waals surface area contributed by atoms with E-state index in [1.165, 1.54) is 0 Å². The minimum atomic E-state index is -3.18. The standard InChI is InChI=1S/C13H18BrNO3S/c1-3-19(16,17)12-11(13(12,15)8-18-2)9-4-6-10(14)7-5-9/h4-7,11-12H,3,8,15H2,1-2H3/t11-,12-,13-/m0/s1. The van der Waals surface area contributed by atoms with E-state index < -0.39 is 20.6 Å². The summed E-state index contributed by atoms with van der Waals surface area (Å²) in [5.41, 5.74) is 6.40. The molecule has 0 spiro atoms. The van der Waals surface area contributed by atoms with Gasteiger partial charge in [-0.2, -0.15) is 0 Å². The van der Waals surface area contributed by atoms with Crippen LogP contribution >= 0.6 is 15.9 Å². The summed E-state index contributed by atoms with van der Waals surface area (Å²) < 4.78 is 30.4. The normalized spacial score (nSPS) is 30.3. The zero-order valence-corrected chi connectivity index (χ0v) is 13.4. The molecule has 2 N–H and O–H groups in total. The fourth-order valence-corrected chi connectivity index (χ4v) is 4.97. The Morgan fingerprint density at radius 2 is 1.95 bits per heavy atom. The number of sulfone groups is 1. The summed E-state index contributed by atoms with van der Waals surface area (Å²) in [4.78, 5) is 0. The summed E-state index contributed by atoms with van der Waals surface area (Å²) in [6.07, 6.45) is 0. The number of methoxy groups -OCH3 is 1. The lowest BCUT2D eigenvalue weighted by Gasteiger charge is -2.10. The maximum atomic E-state index is 12.2. The van der Waals surface area contributed by atoms with Crippen molar-refractivity contribution in [3.8, 4) is 0 Å². The molecule has 2 rings (SSSR count). The van der Waals surface area contributed by atoms with Gasteiger partial charge in [0.15, 0.2) is 9.84 Å². The molecule has 1 fully saturated rings. The van der Waals surface area contributed by atoms with Crippen molar-refractivity contribution in [2.75, 3.05) is 19.5 Å². The molecule has 0 saturated heterocycles. The maximum absolute atomic E-state index is 12.2. The van der Waals surface area contributed by atoms with Crippen LogP contribution in [0.5, 0.6) is 0 Å². The van der Waals surface area contributed by atoms with Crippen LogP contribution in [0.1, 0.15) is 18.4 Å². The van der Waals surface area contributed by atoms with Crippen molar-refractivity contribution in [2.45, 2.75) is 23.6 Å². The predicted molar refractivity (Wildman–Crippen MR) is 78.9 cm³/mol. The number of ether oxygens (including phenoxy) is 1. The van der Waals surface area contributed by atoms with Gasteiger partial charge in [0, 0.05) is 23.3 Å². The number of benzene rings is 1. The number of rotatable bonds is 5. The third-order valence-corrected chi connectivity index (χ3v) is 6.53. The van der Waals surface area contributed by atoms with E-state index in [-0.39, 0.29) is 18.3 Å². The molecule has 6 heteroatoms. The van der Waals surface area contributed by atoms with Crippen LogP contribution in [-0.2, 0) is 14.6 Å². The van der Waals surface area contributed by atoms with Crippen LogP contribution in [0.2, 0.25) is 0 Å². The lowest BCUT2D eigenvalue weighted by Crippen LogP contribution is -2.36. The first kappa shape index (κ1) is 15.0. The largest absolute Gasteiger partial charge is 0.383 e. The molecule has 1 aromatic carbocycles. The SMILES string of the molecule is CCS(=O)(=O)[C@H]1[C@H](c2ccc(Br)cc2)[C@@]1(N)COC. The molecule has 0 aromatic heterocycles. The zero-order valence-electron chi connectivity index (χ0n) is 11.0. The van der Waals surface area contributed by atoms with E-state index in [1.54, 1.807) is 14.0 Å². The van der Waals surface area contributed by atoms with Crippen molar-refractivity contribution in [3.63, 3.8) is 0 Å². The van der Waals surface area contributed by atoms with Crippen LogP contribution in [0.15, 0.2) is 28.7 Å². The highest BCUT2D eigenvalue weighted by Gasteiger charge is 2.68. The number of nitrogens with two attached hydrogens (primary N) is 1. The lowest BCUT2D eigenvalue weighted by atomic mass is 10.1. The highest BCUT2D eigenvalue weighted by atomic mass is 79.9. The molecule has 0 unspecified atom stereocenters. The van der Waals surface area contributed by atoms with Gasteiger partial charge in [-0.1, -0.05) is 35.0 Å². The quantitative estimate of drug-likeness (QED) is 0.879. The van der Waals surface area contributed by atoms with E-state index >= 15 is 0 Å². The van der Waals surface area contributed by atoms with Gasteiger partial charge in [0.2, 0.25) is 0 Å². The third kappa shape index (κ3) is 2.59. The Morgan fingerprint density at radius 1 is 1.37 bits per heavy atom. The summed E-state index contributed by atoms with van der Waals surface area (Å²) >= 11 is 3.37. The Kier molecular flexibility index (Phi) is 4.07. The molecule has 0 amide bonds. The smallest absolute Gasteiger partial charge is 0.155 e. The molecular weight excluding hydrogens is 330 g/mol. The van der Waals surface area contributed by atoms with Gasteiger partial charge in [-0.05, 0) is 17.7 Å². The van der Waals surface area contributed by atoms with Gasteiger partial charge in [-0.15, -0.1) is 0 Å². The first-order valence-electron chi connectivity index (χ1n) is 6.11. The fraction of sp³-hybridized carbons (Fsp3) is 0.538. The van der Waals surface area contributed by atoms with Gasteiger partial charge in [0.05, 0.1) is 17.4 Å². The molecule has 19 heavy (non-hydrogen) atoms. The van der Waals surface area contributed by atoms with Gasteiger partial charge in [-0.3, -0.25) is 0 Å². The molecular formula is C13H18BrNO3S. The Morgan fingerprint density at radius 3 is 2.42 bits per heavy atom. The third-order valence-electron chi connectivity index (χ3n) is 3.72. The number of hydrogen-bond acceptors (Lipinski definition) is 4. The van der Waals surface area contributed by atoms with Gasteiger partial charge < -0.3 is 10.5 Å². The highest BCUT2D eigenvalue weighted by molar-refractivity contribution is 9.10. The van der Waals surface area contributed by atoms with Crippen LogP contribution in [0.3, 0.4) is 0 Å². The second-order valence-electron chi connectivity index (χ2n) is 4.95. The lowest BCUT2D eigenvalue weighted by molar-refractivity contribution is 0.171. The van der Waals surface area contributed by atoms with E-state index in [9.17, 15) is 8.42 Å². The summed E-state index contributed by atoms with van der Waals surface area (Å²) in [6.45, 7) is 1.90. The minimum Gasteiger partial charge on any atom is -0.383 e. The molecule has 106 valence electrons. The minimum absolute atomic E-state index is 0.105. The molecule has 0 aliphatic heterocycles. The molecule has 4 nitrogen and oxygen atoms in total. The van der Waals surface area contributed by atoms with Crippen molar-refractivity contribution in [2.24, 2.45) is 5.73 Å². The summed E-state index contributed by atoms with van der Waals surface area (Å²) in [5.74, 6) is -0.0848. The van der Waals surface area contributed by atoms with Gasteiger partial charge in [0.1, 0.15) is 0 Å². The summed E-state index contributed by atoms with van der Waals surface area (Å²) in [7, 11) is -1.64. The molecule has 1 aromatic rings. The van der Waals surface area contributed by atoms with Crippen molar-refractivity contribution >= 4 is 25.8 Å². The molecule has 1 saturated carbocycles. The van der Waals surface area contributed by atoms with Crippen LogP contribution in [0.4, 0.5) is 0 Å². The molecule has 3 atom stereocenters. The van der Waals surface area contributed by atoms with Crippen LogP contribution in [0.25, 0.3) is 0 Å². The first-order valence-corrected chi connectivity index (χ1v) is 8.62. The fourth-order valence-electron chi connectivity index (χ4n) is 2.72. The van der Waals surface area contributed by atoms with E-state index in [4.69, 9.17) is 10.5 Å². The monoisotopic (exact) mass is 347 g/mol. The average molecular weight is 348 g/mol. The van der Waals surface area contributed by atoms with Crippen molar-refractivity contribution in [1.29, 1.82) is 0 Å². The first-order chi connectivity index (χ1) is 8.86. The van der Waals surface area contributed by atoms with E-state index in [1.807, 2.05) is 24.3 Å². The van der Waals surface area contributed by atoms with Crippen LogP contribution in [0, 0.1) is 0 Å². The topological polar surface area (TPSA) is 69.4 Å². The Hall–Kier alpha value is -0.430. The molecule has 0 heterocycles. The van der Waals surface area contributed by atoms with E-state index in [2.05, 4.69) is 15.9 Å². The van der Waals surface area contributed by atoms with Crippen LogP contribution < -0.4 is 5.73 Å². The van der Waals surface area contributed by atoms with Crippen molar-refractivity contribution in [3.05, 3.63) is 34.3 Å². The highest BCUT2D eigenvalue weighted by Crippen LogP contribution is 2.54. The van der Waals surface area contributed by atoms with Gasteiger partial charge in [0.25, 0.3) is 0 Å². The molecule has 1 aliphatic carbocycles. The van der Waals surface area contributed by atoms with E-state index in [0.29, 0.717) is 0 Å². The molecule has 1 aliphatic rings. The number of hydrogen-bond donors (Lipinski definition) is 1. The predicted octanol–water partition coefficient (Wildman–Crippen LogP) is 1.69. The zero-order chi connectivity index (χ0) is 14.3. The molecule has 0 bridgehead atoms. The Bertz CT molecular complexity index is 558. The molecule has 0 radical (unpaired) electrons. The maximum Gasteiger partial charge on any atom is 0.155 e. The van der Waals surface area contributed by atoms with E-state index in [0.717, 1.165) is 10.0 Å². The van der Waals surface area contributed by atoms with Gasteiger partial charge in [-0.25, -0.2) is 8.42 Å². The van der Waals surface area contributed by atoms with Crippen molar-refractivity contribution < 1.29 is 13.2 Å². The second-order valence-corrected chi connectivity index (χ2v) is 8.27. The average Bonchev–Trinajstić information content (AvgIpc) is 2.97. The summed E-state index contributed by atoms with van der Waals surface area (Å²) in [5, 5.41) is -0.550. The Labute approximate surface area is 122 Å². The summed E-state index contributed by atoms with van der Waals surface area (Å²) in [6, 6.07) is 7.63. The van der Waals surface area contributed by atoms with Gasteiger partial charge >= 0.3 is 0 Å². The second kappa shape index (κ2) is 5.16. The number of halogens is 1. The van der Waals surface area contributed by atoms with Crippen molar-refractivity contribution in [1.82, 2.24) is 0 Å². The van der Waals surface area contributed by atoms with Crippen LogP contribution in [-0.4, -0.2) is 38.7 Å². The Balaban J connectivity index is 2.36.